The number of ether oxygens (including phenoxy) is 1. The fraction of sp³-hybridized carbons (Fsp3) is 0.429. The van der Waals surface area contributed by atoms with E-state index in [1.54, 1.807) is 0 Å². The Morgan fingerprint density at radius 2 is 1.93 bits per heavy atom. The molecule has 1 fully saturated rings. The van der Waals surface area contributed by atoms with E-state index < -0.39 is 0 Å². The van der Waals surface area contributed by atoms with Crippen molar-refractivity contribution in [3.05, 3.63) is 47.1 Å². The van der Waals surface area contributed by atoms with Crippen LogP contribution < -0.4 is 4.74 Å². The Labute approximate surface area is 170 Å². The Kier molecular flexibility index (Phi) is 5.80. The Morgan fingerprint density at radius 3 is 2.71 bits per heavy atom. The maximum atomic E-state index is 6.29. The van der Waals surface area contributed by atoms with Crippen LogP contribution in [0.2, 0.25) is 5.02 Å². The molecule has 1 aromatic carbocycles. The molecule has 4 rings (SSSR count). The molecule has 0 spiro atoms. The third-order valence-corrected chi connectivity index (χ3v) is 5.68. The minimum Gasteiger partial charge on any atom is -0.477 e. The first kappa shape index (κ1) is 19.2. The normalized spacial score (nSPS) is 16.0. The molecule has 3 heterocycles. The number of halogens is 1. The molecule has 7 heteroatoms. The first-order chi connectivity index (χ1) is 13.6. The van der Waals surface area contributed by atoms with Gasteiger partial charge in [-0.3, -0.25) is 0 Å². The van der Waals surface area contributed by atoms with Gasteiger partial charge in [0.25, 0.3) is 0 Å². The average Bonchev–Trinajstić information content (AvgIpc) is 3.12. The van der Waals surface area contributed by atoms with Gasteiger partial charge < -0.3 is 14.5 Å². The number of benzene rings is 1. The molecule has 1 aliphatic heterocycles. The lowest BCUT2D eigenvalue weighted by atomic mass is 10.1. The molecule has 0 bridgehead atoms. The van der Waals surface area contributed by atoms with Crippen molar-refractivity contribution in [3.63, 3.8) is 0 Å². The van der Waals surface area contributed by atoms with E-state index in [0.717, 1.165) is 66.6 Å². The number of rotatable bonds is 6. The highest BCUT2D eigenvalue weighted by Gasteiger charge is 2.13. The summed E-state index contributed by atoms with van der Waals surface area (Å²) in [6.07, 6.45) is 2.81. The van der Waals surface area contributed by atoms with E-state index >= 15 is 0 Å². The summed E-state index contributed by atoms with van der Waals surface area (Å²) in [5.74, 6) is 0.614. The summed E-state index contributed by atoms with van der Waals surface area (Å²) in [5.41, 5.74) is 3.73. The number of aromatic nitrogens is 3. The highest BCUT2D eigenvalue weighted by molar-refractivity contribution is 6.31. The number of hydrogen-bond acceptors (Lipinski definition) is 5. The van der Waals surface area contributed by atoms with Gasteiger partial charge in [0.05, 0.1) is 18.5 Å². The molecular formula is C21H26ClN5O. The molecule has 148 valence electrons. The summed E-state index contributed by atoms with van der Waals surface area (Å²) in [6, 6.07) is 9.81. The fourth-order valence-corrected chi connectivity index (χ4v) is 3.60. The molecule has 6 nitrogen and oxygen atoms in total. The minimum absolute atomic E-state index is 0.614. The topological polar surface area (TPSA) is 45.9 Å². The molecule has 3 aromatic rings. The second-order valence-corrected chi connectivity index (χ2v) is 7.80. The Morgan fingerprint density at radius 1 is 1.11 bits per heavy atom. The van der Waals surface area contributed by atoms with Crippen LogP contribution in [0.15, 0.2) is 36.5 Å². The van der Waals surface area contributed by atoms with E-state index in [0.29, 0.717) is 12.5 Å². The van der Waals surface area contributed by atoms with Crippen LogP contribution in [0.4, 0.5) is 0 Å². The fourth-order valence-electron chi connectivity index (χ4n) is 3.42. The van der Waals surface area contributed by atoms with Gasteiger partial charge in [0.15, 0.2) is 5.65 Å². The molecule has 0 atom stereocenters. The van der Waals surface area contributed by atoms with E-state index in [4.69, 9.17) is 16.3 Å². The lowest BCUT2D eigenvalue weighted by Gasteiger charge is -2.32. The zero-order chi connectivity index (χ0) is 19.5. The Balaban J connectivity index is 1.40. The number of aryl methyl sites for hydroxylation is 1. The van der Waals surface area contributed by atoms with Gasteiger partial charge in [0.2, 0.25) is 5.88 Å². The molecule has 0 N–H and O–H groups in total. The number of fused-ring (bicyclic) bond motifs is 1. The van der Waals surface area contributed by atoms with Crippen molar-refractivity contribution in [2.24, 2.45) is 0 Å². The third-order valence-electron chi connectivity index (χ3n) is 5.27. The highest BCUT2D eigenvalue weighted by Crippen LogP contribution is 2.26. The van der Waals surface area contributed by atoms with Crippen LogP contribution in [-0.2, 0) is 0 Å². The Bertz CT molecular complexity index is 949. The first-order valence-electron chi connectivity index (χ1n) is 9.75. The largest absolute Gasteiger partial charge is 0.477 e. The van der Waals surface area contributed by atoms with Crippen LogP contribution in [0.5, 0.6) is 5.88 Å². The predicted octanol–water partition coefficient (Wildman–Crippen LogP) is 3.37. The summed E-state index contributed by atoms with van der Waals surface area (Å²) in [4.78, 5) is 9.31. The lowest BCUT2D eigenvalue weighted by molar-refractivity contribution is 0.145. The summed E-state index contributed by atoms with van der Waals surface area (Å²) in [7, 11) is 2.18. The van der Waals surface area contributed by atoms with Crippen LogP contribution >= 0.6 is 11.6 Å². The zero-order valence-corrected chi connectivity index (χ0v) is 17.2. The van der Waals surface area contributed by atoms with Gasteiger partial charge in [-0.25, -0.2) is 9.50 Å². The average molecular weight is 400 g/mol. The van der Waals surface area contributed by atoms with Gasteiger partial charge in [-0.2, -0.15) is 0 Å². The van der Waals surface area contributed by atoms with Gasteiger partial charge in [-0.15, -0.1) is 5.10 Å². The summed E-state index contributed by atoms with van der Waals surface area (Å²) >= 11 is 6.29. The molecule has 1 aliphatic rings. The zero-order valence-electron chi connectivity index (χ0n) is 16.4. The summed E-state index contributed by atoms with van der Waals surface area (Å²) < 4.78 is 7.72. The monoisotopic (exact) mass is 399 g/mol. The van der Waals surface area contributed by atoms with Crippen molar-refractivity contribution >= 4 is 17.2 Å². The number of hydrogen-bond donors (Lipinski definition) is 0. The molecule has 2 aromatic heterocycles. The third kappa shape index (κ3) is 4.29. The smallest absolute Gasteiger partial charge is 0.231 e. The number of nitrogens with zero attached hydrogens (tertiary/aromatic N) is 5. The quantitative estimate of drug-likeness (QED) is 0.594. The van der Waals surface area contributed by atoms with E-state index in [-0.39, 0.29) is 0 Å². The highest BCUT2D eigenvalue weighted by atomic mass is 35.5. The van der Waals surface area contributed by atoms with Crippen molar-refractivity contribution < 1.29 is 4.74 Å². The SMILES string of the molecule is Cc1ccc(-c2cnc3ccc(OCCCN4CCN(C)CC4)nn23)cc1Cl. The van der Waals surface area contributed by atoms with Gasteiger partial charge in [0.1, 0.15) is 0 Å². The van der Waals surface area contributed by atoms with Crippen LogP contribution in [0.3, 0.4) is 0 Å². The first-order valence-corrected chi connectivity index (χ1v) is 10.1. The second kappa shape index (κ2) is 8.47. The van der Waals surface area contributed by atoms with Gasteiger partial charge in [-0.05, 0) is 38.1 Å². The van der Waals surface area contributed by atoms with Crippen molar-refractivity contribution in [1.29, 1.82) is 0 Å². The molecule has 28 heavy (non-hydrogen) atoms. The number of piperazine rings is 1. The maximum Gasteiger partial charge on any atom is 0.231 e. The van der Waals surface area contributed by atoms with E-state index in [1.807, 2.05) is 48.0 Å². The van der Waals surface area contributed by atoms with Crippen LogP contribution in [0, 0.1) is 6.92 Å². The van der Waals surface area contributed by atoms with Crippen molar-refractivity contribution in [2.75, 3.05) is 46.4 Å². The molecular weight excluding hydrogens is 374 g/mol. The Hall–Kier alpha value is -2.15. The van der Waals surface area contributed by atoms with E-state index in [1.165, 1.54) is 0 Å². The standard InChI is InChI=1S/C21H26ClN5O/c1-16-4-5-17(14-18(16)22)19-15-23-20-6-7-21(24-27(19)20)28-13-3-8-26-11-9-25(2)10-12-26/h4-7,14-15H,3,8-13H2,1-2H3. The van der Waals surface area contributed by atoms with Crippen molar-refractivity contribution in [3.8, 4) is 17.1 Å². The van der Waals surface area contributed by atoms with Gasteiger partial charge in [0, 0.05) is 49.4 Å². The van der Waals surface area contributed by atoms with Crippen molar-refractivity contribution in [1.82, 2.24) is 24.4 Å². The molecule has 0 amide bonds. The van der Waals surface area contributed by atoms with Gasteiger partial charge >= 0.3 is 0 Å². The lowest BCUT2D eigenvalue weighted by Crippen LogP contribution is -2.44. The molecule has 0 unspecified atom stereocenters. The van der Waals surface area contributed by atoms with Crippen LogP contribution in [0.25, 0.3) is 16.9 Å². The number of likely N-dealkylation sites (N-methyl/N-ethyl adjacent to an activating group) is 1. The summed E-state index contributed by atoms with van der Waals surface area (Å²) in [5, 5.41) is 5.37. The van der Waals surface area contributed by atoms with Crippen LogP contribution in [-0.4, -0.2) is 70.8 Å². The molecule has 1 saturated heterocycles. The van der Waals surface area contributed by atoms with Crippen molar-refractivity contribution in [2.45, 2.75) is 13.3 Å². The van der Waals surface area contributed by atoms with Crippen LogP contribution in [0.1, 0.15) is 12.0 Å². The maximum absolute atomic E-state index is 6.29. The van der Waals surface area contributed by atoms with E-state index in [9.17, 15) is 0 Å². The molecule has 0 saturated carbocycles. The van der Waals surface area contributed by atoms with Gasteiger partial charge in [-0.1, -0.05) is 23.7 Å². The number of imidazole rings is 1. The second-order valence-electron chi connectivity index (χ2n) is 7.40. The van der Waals surface area contributed by atoms with E-state index in [2.05, 4.69) is 26.9 Å². The summed E-state index contributed by atoms with van der Waals surface area (Å²) in [6.45, 7) is 8.28. The molecule has 0 aliphatic carbocycles. The molecule has 0 radical (unpaired) electrons. The predicted molar refractivity (Wildman–Crippen MR) is 112 cm³/mol. The minimum atomic E-state index is 0.614.